The first kappa shape index (κ1) is 11.5. The van der Waals surface area contributed by atoms with Gasteiger partial charge in [-0.1, -0.05) is 45.0 Å². The van der Waals surface area contributed by atoms with Crippen molar-refractivity contribution >= 4 is 19.2 Å². The van der Waals surface area contributed by atoms with Crippen molar-refractivity contribution in [3.8, 4) is 0 Å². The van der Waals surface area contributed by atoms with Crippen molar-refractivity contribution in [2.75, 3.05) is 0 Å². The molecule has 1 heteroatoms. The van der Waals surface area contributed by atoms with Crippen LogP contribution in [0.15, 0.2) is 48.5 Å². The van der Waals surface area contributed by atoms with Gasteiger partial charge in [-0.25, -0.2) is 6.07 Å². The molecule has 0 radical (unpaired) electrons. The van der Waals surface area contributed by atoms with Crippen molar-refractivity contribution in [1.29, 1.82) is 0 Å². The van der Waals surface area contributed by atoms with Crippen LogP contribution in [0.3, 0.4) is 0 Å². The molecule has 0 bridgehead atoms. The van der Waals surface area contributed by atoms with E-state index in [2.05, 4.69) is 69.3 Å². The second kappa shape index (κ2) is 4.47. The van der Waals surface area contributed by atoms with Crippen LogP contribution in [0.4, 0.5) is 0 Å². The lowest BCUT2D eigenvalue weighted by atomic mass is 9.87. The number of hydrogen-bond acceptors (Lipinski definition) is 0. The van der Waals surface area contributed by atoms with Crippen LogP contribution in [0.5, 0.6) is 0 Å². The van der Waals surface area contributed by atoms with Crippen LogP contribution in [0.1, 0.15) is 26.3 Å². The zero-order chi connectivity index (χ0) is 11.6. The SMILES string of the molecule is CC(C)(C)c1ccccc1Pc1cc[cH-]c1. The molecular weight excluding hydrogens is 211 g/mol. The van der Waals surface area contributed by atoms with Crippen LogP contribution in [0, 0.1) is 0 Å². The molecule has 0 aliphatic carbocycles. The summed E-state index contributed by atoms with van der Waals surface area (Å²) in [7, 11) is 0.774. The minimum atomic E-state index is 0.232. The first-order chi connectivity index (χ1) is 7.57. The highest BCUT2D eigenvalue weighted by Crippen LogP contribution is 2.25. The average Bonchev–Trinajstić information content (AvgIpc) is 2.70. The average molecular weight is 229 g/mol. The summed E-state index contributed by atoms with van der Waals surface area (Å²) < 4.78 is 0. The maximum Gasteiger partial charge on any atom is -0.0126 e. The third-order valence-corrected chi connectivity index (χ3v) is 4.00. The van der Waals surface area contributed by atoms with E-state index < -0.39 is 0 Å². The minimum Gasteiger partial charge on any atom is -0.206 e. The highest BCUT2D eigenvalue weighted by atomic mass is 31.1. The van der Waals surface area contributed by atoms with E-state index in [0.717, 1.165) is 8.58 Å². The Morgan fingerprint density at radius 3 is 2.44 bits per heavy atom. The summed E-state index contributed by atoms with van der Waals surface area (Å²) in [6.45, 7) is 6.84. The standard InChI is InChI=1S/C15H18P/c1-15(2,3)13-10-6-7-11-14(13)16-12-8-4-5-9-12/h4-11,16H,1-3H3/q-1. The predicted octanol–water partition coefficient (Wildman–Crippen LogP) is 3.33. The number of hydrogen-bond donors (Lipinski definition) is 0. The molecule has 0 nitrogen and oxygen atoms in total. The minimum absolute atomic E-state index is 0.232. The fourth-order valence-electron chi connectivity index (χ4n) is 1.86. The van der Waals surface area contributed by atoms with Gasteiger partial charge < -0.3 is 0 Å². The Labute approximate surface area is 99.9 Å². The lowest BCUT2D eigenvalue weighted by molar-refractivity contribution is 0.594. The van der Waals surface area contributed by atoms with Gasteiger partial charge in [-0.05, 0) is 16.3 Å². The quantitative estimate of drug-likeness (QED) is 0.547. The molecule has 0 saturated heterocycles. The lowest BCUT2D eigenvalue weighted by Gasteiger charge is -2.23. The first-order valence-corrected chi connectivity index (χ1v) is 6.65. The van der Waals surface area contributed by atoms with Crippen molar-refractivity contribution in [1.82, 2.24) is 0 Å². The van der Waals surface area contributed by atoms with Crippen LogP contribution in [0.25, 0.3) is 0 Å². The van der Waals surface area contributed by atoms with Gasteiger partial charge in [0.25, 0.3) is 0 Å². The van der Waals surface area contributed by atoms with Crippen LogP contribution < -0.4 is 10.6 Å². The smallest absolute Gasteiger partial charge is 0.0126 e. The zero-order valence-electron chi connectivity index (χ0n) is 10.1. The van der Waals surface area contributed by atoms with Gasteiger partial charge in [0.1, 0.15) is 0 Å². The molecular formula is C15H18P-. The van der Waals surface area contributed by atoms with Crippen molar-refractivity contribution < 1.29 is 0 Å². The van der Waals surface area contributed by atoms with E-state index in [1.165, 1.54) is 16.2 Å². The second-order valence-electron chi connectivity index (χ2n) is 5.09. The predicted molar refractivity (Wildman–Crippen MR) is 74.8 cm³/mol. The van der Waals surface area contributed by atoms with E-state index >= 15 is 0 Å². The van der Waals surface area contributed by atoms with Gasteiger partial charge in [0.2, 0.25) is 0 Å². The number of rotatable bonds is 2. The van der Waals surface area contributed by atoms with Crippen molar-refractivity contribution in [3.63, 3.8) is 0 Å². The van der Waals surface area contributed by atoms with Gasteiger partial charge in [0.05, 0.1) is 0 Å². The molecule has 16 heavy (non-hydrogen) atoms. The van der Waals surface area contributed by atoms with E-state index in [1.807, 2.05) is 0 Å². The Morgan fingerprint density at radius 1 is 1.06 bits per heavy atom. The molecule has 0 N–H and O–H groups in total. The molecule has 0 aromatic heterocycles. The Morgan fingerprint density at radius 2 is 1.81 bits per heavy atom. The summed E-state index contributed by atoms with van der Waals surface area (Å²) in [6, 6.07) is 17.4. The Kier molecular flexibility index (Phi) is 3.21. The molecule has 0 fully saturated rings. The van der Waals surface area contributed by atoms with Crippen molar-refractivity contribution in [2.24, 2.45) is 0 Å². The Balaban J connectivity index is 2.34. The van der Waals surface area contributed by atoms with Gasteiger partial charge in [-0.15, -0.1) is 8.58 Å². The molecule has 0 heterocycles. The van der Waals surface area contributed by atoms with Gasteiger partial charge in [0.15, 0.2) is 0 Å². The zero-order valence-corrected chi connectivity index (χ0v) is 11.1. The molecule has 1 unspecified atom stereocenters. The van der Waals surface area contributed by atoms with E-state index in [4.69, 9.17) is 0 Å². The van der Waals surface area contributed by atoms with Crippen LogP contribution in [-0.2, 0) is 5.41 Å². The molecule has 0 spiro atoms. The highest BCUT2D eigenvalue weighted by Gasteiger charge is 2.16. The van der Waals surface area contributed by atoms with E-state index in [1.54, 1.807) is 0 Å². The molecule has 2 aromatic rings. The second-order valence-corrected chi connectivity index (χ2v) is 6.46. The third-order valence-electron chi connectivity index (χ3n) is 2.68. The maximum absolute atomic E-state index is 2.28. The molecule has 0 amide bonds. The van der Waals surface area contributed by atoms with E-state index in [0.29, 0.717) is 0 Å². The summed E-state index contributed by atoms with van der Waals surface area (Å²) in [5, 5.41) is 2.90. The summed E-state index contributed by atoms with van der Waals surface area (Å²) in [6.07, 6.45) is 0. The van der Waals surface area contributed by atoms with Gasteiger partial charge in [0, 0.05) is 0 Å². The summed E-state index contributed by atoms with van der Waals surface area (Å²) in [5.41, 5.74) is 1.70. The Bertz CT molecular complexity index is 447. The fourth-order valence-corrected chi connectivity index (χ4v) is 3.30. The first-order valence-electron chi connectivity index (χ1n) is 5.65. The summed E-state index contributed by atoms with van der Waals surface area (Å²) in [5.74, 6) is 0. The molecule has 84 valence electrons. The van der Waals surface area contributed by atoms with Gasteiger partial charge in [-0.2, -0.15) is 23.5 Å². The molecule has 0 aliphatic rings. The molecule has 1 atom stereocenters. The lowest BCUT2D eigenvalue weighted by Crippen LogP contribution is -2.20. The topological polar surface area (TPSA) is 0 Å². The molecule has 0 aliphatic heterocycles. The highest BCUT2D eigenvalue weighted by molar-refractivity contribution is 7.55. The summed E-state index contributed by atoms with van der Waals surface area (Å²) in [4.78, 5) is 0. The largest absolute Gasteiger partial charge is 0.206 e. The normalized spacial score (nSPS) is 12.4. The number of benzene rings is 1. The molecule has 2 aromatic carbocycles. The van der Waals surface area contributed by atoms with Crippen molar-refractivity contribution in [2.45, 2.75) is 26.2 Å². The van der Waals surface area contributed by atoms with Crippen LogP contribution in [-0.4, -0.2) is 0 Å². The van der Waals surface area contributed by atoms with Gasteiger partial charge in [-0.3, -0.25) is 0 Å². The molecule has 2 rings (SSSR count). The Hall–Kier alpha value is -1.00. The van der Waals surface area contributed by atoms with E-state index in [9.17, 15) is 0 Å². The fraction of sp³-hybridized carbons (Fsp3) is 0.267. The van der Waals surface area contributed by atoms with E-state index in [-0.39, 0.29) is 5.41 Å². The third kappa shape index (κ3) is 2.57. The van der Waals surface area contributed by atoms with Crippen LogP contribution >= 0.6 is 8.58 Å². The maximum atomic E-state index is 2.28. The van der Waals surface area contributed by atoms with Crippen molar-refractivity contribution in [3.05, 3.63) is 54.1 Å². The van der Waals surface area contributed by atoms with Gasteiger partial charge >= 0.3 is 0 Å². The monoisotopic (exact) mass is 229 g/mol. The molecule has 0 saturated carbocycles. The summed E-state index contributed by atoms with van der Waals surface area (Å²) >= 11 is 0. The van der Waals surface area contributed by atoms with Crippen LogP contribution in [0.2, 0.25) is 0 Å².